The zero-order valence-corrected chi connectivity index (χ0v) is 12.1. The molecule has 0 aliphatic heterocycles. The molecular weight excluding hydrogens is 275 g/mol. The first-order valence-electron chi connectivity index (χ1n) is 6.19. The number of rotatable bonds is 4. The van der Waals surface area contributed by atoms with Crippen molar-refractivity contribution in [3.8, 4) is 0 Å². The molecule has 0 atom stereocenters. The molecule has 0 saturated heterocycles. The fourth-order valence-electron chi connectivity index (χ4n) is 2.15. The van der Waals surface area contributed by atoms with E-state index in [9.17, 15) is 9.18 Å². The zero-order valence-electron chi connectivity index (χ0n) is 11.3. The second-order valence-corrected chi connectivity index (χ2v) is 5.72. The number of halogens is 1. The predicted octanol–water partition coefficient (Wildman–Crippen LogP) is 4.43. The molecule has 2 nitrogen and oxygen atoms in total. The number of hydrogen-bond acceptors (Lipinski definition) is 2. The van der Waals surface area contributed by atoms with Crippen molar-refractivity contribution in [1.82, 2.24) is 0 Å². The molecule has 0 radical (unpaired) electrons. The smallest absolute Gasteiger partial charge is 0.339 e. The van der Waals surface area contributed by atoms with Gasteiger partial charge in [0.1, 0.15) is 11.4 Å². The minimum atomic E-state index is -1.23. The Hall–Kier alpha value is -1.81. The normalized spacial score (nSPS) is 10.6. The van der Waals surface area contributed by atoms with Crippen LogP contribution in [0.2, 0.25) is 0 Å². The minimum absolute atomic E-state index is 0.248. The molecule has 0 amide bonds. The topological polar surface area (TPSA) is 37.3 Å². The second-order valence-electron chi connectivity index (χ2n) is 4.70. The van der Waals surface area contributed by atoms with Crippen molar-refractivity contribution < 1.29 is 14.3 Å². The van der Waals surface area contributed by atoms with Crippen LogP contribution in [0.15, 0.2) is 41.3 Å². The van der Waals surface area contributed by atoms with Crippen molar-refractivity contribution in [3.63, 3.8) is 0 Å². The Morgan fingerprint density at radius 2 is 1.85 bits per heavy atom. The van der Waals surface area contributed by atoms with Crippen molar-refractivity contribution in [2.24, 2.45) is 0 Å². The maximum absolute atomic E-state index is 13.6. The Bertz CT molecular complexity index is 633. The minimum Gasteiger partial charge on any atom is -0.478 e. The highest BCUT2D eigenvalue weighted by Crippen LogP contribution is 2.28. The first-order valence-corrected chi connectivity index (χ1v) is 7.17. The van der Waals surface area contributed by atoms with Gasteiger partial charge in [0, 0.05) is 10.6 Å². The lowest BCUT2D eigenvalue weighted by atomic mass is 10.1. The standard InChI is InChI=1S/C16H15FO2S/c1-10-6-11(2)8-12(7-10)9-20-14-5-3-4-13(17)15(14)16(18)19/h3-8H,9H2,1-2H3,(H,18,19). The highest BCUT2D eigenvalue weighted by molar-refractivity contribution is 7.98. The highest BCUT2D eigenvalue weighted by atomic mass is 32.2. The molecule has 2 rings (SSSR count). The van der Waals surface area contributed by atoms with E-state index in [1.807, 2.05) is 13.8 Å². The zero-order chi connectivity index (χ0) is 14.7. The number of thioether (sulfide) groups is 1. The Labute approximate surface area is 121 Å². The number of carbonyl (C=O) groups is 1. The van der Waals surface area contributed by atoms with Crippen LogP contribution in [-0.4, -0.2) is 11.1 Å². The van der Waals surface area contributed by atoms with Crippen molar-refractivity contribution in [1.29, 1.82) is 0 Å². The first kappa shape index (κ1) is 14.6. The lowest BCUT2D eigenvalue weighted by Gasteiger charge is -2.08. The van der Waals surface area contributed by atoms with Gasteiger partial charge in [0.05, 0.1) is 0 Å². The molecule has 4 heteroatoms. The van der Waals surface area contributed by atoms with Gasteiger partial charge in [-0.05, 0) is 31.5 Å². The van der Waals surface area contributed by atoms with Crippen LogP contribution in [0.1, 0.15) is 27.0 Å². The molecule has 0 aliphatic rings. The van der Waals surface area contributed by atoms with Gasteiger partial charge in [0.15, 0.2) is 0 Å². The van der Waals surface area contributed by atoms with Crippen LogP contribution in [0.5, 0.6) is 0 Å². The van der Waals surface area contributed by atoms with E-state index in [2.05, 4.69) is 18.2 Å². The van der Waals surface area contributed by atoms with Crippen molar-refractivity contribution >= 4 is 17.7 Å². The number of aromatic carboxylic acids is 1. The average Bonchev–Trinajstić information content (AvgIpc) is 2.34. The van der Waals surface area contributed by atoms with Gasteiger partial charge in [-0.25, -0.2) is 9.18 Å². The molecule has 104 valence electrons. The van der Waals surface area contributed by atoms with Gasteiger partial charge >= 0.3 is 5.97 Å². The number of hydrogen-bond donors (Lipinski definition) is 1. The van der Waals surface area contributed by atoms with E-state index in [4.69, 9.17) is 5.11 Å². The summed E-state index contributed by atoms with van der Waals surface area (Å²) >= 11 is 1.34. The van der Waals surface area contributed by atoms with Gasteiger partial charge in [-0.1, -0.05) is 35.4 Å². The van der Waals surface area contributed by atoms with Gasteiger partial charge in [-0.3, -0.25) is 0 Å². The molecular formula is C16H15FO2S. The monoisotopic (exact) mass is 290 g/mol. The number of benzene rings is 2. The fourth-order valence-corrected chi connectivity index (χ4v) is 3.14. The number of carboxylic acid groups (broad SMARTS) is 1. The molecule has 0 heterocycles. The van der Waals surface area contributed by atoms with Crippen LogP contribution in [-0.2, 0) is 5.75 Å². The number of aryl methyl sites for hydroxylation is 2. The molecule has 0 spiro atoms. The molecule has 0 unspecified atom stereocenters. The molecule has 1 N–H and O–H groups in total. The van der Waals surface area contributed by atoms with Gasteiger partial charge in [-0.15, -0.1) is 11.8 Å². The fraction of sp³-hybridized carbons (Fsp3) is 0.188. The third kappa shape index (κ3) is 3.39. The van der Waals surface area contributed by atoms with E-state index in [1.165, 1.54) is 35.0 Å². The highest BCUT2D eigenvalue weighted by Gasteiger charge is 2.15. The lowest BCUT2D eigenvalue weighted by Crippen LogP contribution is -2.02. The molecule has 0 bridgehead atoms. The SMILES string of the molecule is Cc1cc(C)cc(CSc2cccc(F)c2C(=O)O)c1. The summed E-state index contributed by atoms with van der Waals surface area (Å²) in [7, 11) is 0. The van der Waals surface area contributed by atoms with Crippen LogP contribution in [0.25, 0.3) is 0 Å². The molecule has 0 aliphatic carbocycles. The predicted molar refractivity (Wildman–Crippen MR) is 78.8 cm³/mol. The lowest BCUT2D eigenvalue weighted by molar-refractivity contribution is 0.0688. The molecule has 0 aromatic heterocycles. The summed E-state index contributed by atoms with van der Waals surface area (Å²) in [6, 6.07) is 10.5. The summed E-state index contributed by atoms with van der Waals surface area (Å²) < 4.78 is 13.6. The summed E-state index contributed by atoms with van der Waals surface area (Å²) in [6.45, 7) is 4.04. The molecule has 2 aromatic rings. The Morgan fingerprint density at radius 1 is 1.20 bits per heavy atom. The van der Waals surface area contributed by atoms with E-state index in [0.717, 1.165) is 5.56 Å². The van der Waals surface area contributed by atoms with Crippen molar-refractivity contribution in [2.45, 2.75) is 24.5 Å². The van der Waals surface area contributed by atoms with Crippen LogP contribution in [0.3, 0.4) is 0 Å². The molecule has 0 saturated carbocycles. The van der Waals surface area contributed by atoms with Gasteiger partial charge in [-0.2, -0.15) is 0 Å². The first-order chi connectivity index (χ1) is 9.47. The summed E-state index contributed by atoms with van der Waals surface area (Å²) in [6.07, 6.45) is 0. The quantitative estimate of drug-likeness (QED) is 0.846. The molecule has 20 heavy (non-hydrogen) atoms. The summed E-state index contributed by atoms with van der Waals surface area (Å²) in [5, 5.41) is 9.08. The van der Waals surface area contributed by atoms with Gasteiger partial charge < -0.3 is 5.11 Å². The van der Waals surface area contributed by atoms with E-state index in [0.29, 0.717) is 10.6 Å². The van der Waals surface area contributed by atoms with Crippen molar-refractivity contribution in [3.05, 3.63) is 64.5 Å². The third-order valence-corrected chi connectivity index (χ3v) is 3.99. The van der Waals surface area contributed by atoms with E-state index in [1.54, 1.807) is 6.07 Å². The maximum atomic E-state index is 13.6. The second kappa shape index (κ2) is 6.09. The van der Waals surface area contributed by atoms with E-state index in [-0.39, 0.29) is 5.56 Å². The van der Waals surface area contributed by atoms with Crippen LogP contribution < -0.4 is 0 Å². The van der Waals surface area contributed by atoms with E-state index < -0.39 is 11.8 Å². The maximum Gasteiger partial charge on any atom is 0.339 e. The Morgan fingerprint density at radius 3 is 2.45 bits per heavy atom. The van der Waals surface area contributed by atoms with Crippen molar-refractivity contribution in [2.75, 3.05) is 0 Å². The van der Waals surface area contributed by atoms with Gasteiger partial charge in [0.25, 0.3) is 0 Å². The van der Waals surface area contributed by atoms with Crippen LogP contribution in [0, 0.1) is 19.7 Å². The van der Waals surface area contributed by atoms with Gasteiger partial charge in [0.2, 0.25) is 0 Å². The Kier molecular flexibility index (Phi) is 4.45. The third-order valence-electron chi connectivity index (χ3n) is 2.87. The largest absolute Gasteiger partial charge is 0.478 e. The Balaban J connectivity index is 2.23. The van der Waals surface area contributed by atoms with E-state index >= 15 is 0 Å². The van der Waals surface area contributed by atoms with Crippen LogP contribution in [0.4, 0.5) is 4.39 Å². The summed E-state index contributed by atoms with van der Waals surface area (Å²) in [4.78, 5) is 11.6. The summed E-state index contributed by atoms with van der Waals surface area (Å²) in [5.74, 6) is -1.30. The summed E-state index contributed by atoms with van der Waals surface area (Å²) in [5.41, 5.74) is 3.19. The number of carboxylic acids is 1. The molecule has 2 aromatic carbocycles. The average molecular weight is 290 g/mol. The molecule has 0 fully saturated rings. The van der Waals surface area contributed by atoms with Crippen LogP contribution >= 0.6 is 11.8 Å².